The Kier molecular flexibility index (Phi) is 10.8. The van der Waals surface area contributed by atoms with E-state index in [1.807, 2.05) is 0 Å². The highest BCUT2D eigenvalue weighted by Crippen LogP contribution is 2.09. The van der Waals surface area contributed by atoms with Gasteiger partial charge in [-0.15, -0.1) is 0 Å². The van der Waals surface area contributed by atoms with Crippen LogP contribution in [0.2, 0.25) is 0 Å². The van der Waals surface area contributed by atoms with Crippen LogP contribution in [0.1, 0.15) is 32.1 Å². The number of hydrogen-bond acceptors (Lipinski definition) is 4. The van der Waals surface area contributed by atoms with Crippen LogP contribution in [0.25, 0.3) is 0 Å². The van der Waals surface area contributed by atoms with Gasteiger partial charge in [-0.2, -0.15) is 0 Å². The highest BCUT2D eigenvalue weighted by molar-refractivity contribution is 4.61. The van der Waals surface area contributed by atoms with Crippen LogP contribution in [0.15, 0.2) is 0 Å². The second kappa shape index (κ2) is 10.9. The van der Waals surface area contributed by atoms with Gasteiger partial charge in [-0.1, -0.05) is 0 Å². The Labute approximate surface area is 85.5 Å². The van der Waals surface area contributed by atoms with Gasteiger partial charge in [0, 0.05) is 19.8 Å². The highest BCUT2D eigenvalue weighted by Gasteiger charge is 2.12. The number of aliphatic hydroxyl groups is 3. The van der Waals surface area contributed by atoms with Crippen LogP contribution < -0.4 is 0 Å². The van der Waals surface area contributed by atoms with Crippen molar-refractivity contribution < 1.29 is 20.1 Å². The summed E-state index contributed by atoms with van der Waals surface area (Å²) < 4.78 is 5.05. The summed E-state index contributed by atoms with van der Waals surface area (Å²) in [7, 11) is 0. The van der Waals surface area contributed by atoms with E-state index in [0.29, 0.717) is 0 Å². The third-order valence-corrected chi connectivity index (χ3v) is 2.04. The van der Waals surface area contributed by atoms with E-state index in [9.17, 15) is 0 Å². The van der Waals surface area contributed by atoms with Crippen molar-refractivity contribution >= 4 is 0 Å². The molecule has 14 heavy (non-hydrogen) atoms. The normalized spacial score (nSPS) is 20.4. The number of rotatable bonds is 5. The van der Waals surface area contributed by atoms with Crippen molar-refractivity contribution in [3.63, 3.8) is 0 Å². The van der Waals surface area contributed by atoms with E-state index in [4.69, 9.17) is 20.1 Å². The Morgan fingerprint density at radius 2 is 1.64 bits per heavy atom. The predicted octanol–water partition coefficient (Wildman–Crippen LogP) is 0.299. The molecule has 0 aromatic rings. The minimum atomic E-state index is 0.153. The molecule has 4 nitrogen and oxygen atoms in total. The molecule has 1 heterocycles. The zero-order valence-electron chi connectivity index (χ0n) is 8.69. The van der Waals surface area contributed by atoms with Crippen molar-refractivity contribution in [2.75, 3.05) is 26.4 Å². The topological polar surface area (TPSA) is 69.9 Å². The fourth-order valence-corrected chi connectivity index (χ4v) is 1.19. The van der Waals surface area contributed by atoms with E-state index < -0.39 is 0 Å². The summed E-state index contributed by atoms with van der Waals surface area (Å²) in [6, 6.07) is 0. The molecule has 1 rings (SSSR count). The molecule has 1 aliphatic rings. The van der Waals surface area contributed by atoms with E-state index in [2.05, 4.69) is 0 Å². The van der Waals surface area contributed by atoms with Crippen molar-refractivity contribution in [3.05, 3.63) is 0 Å². The van der Waals surface area contributed by atoms with E-state index in [0.717, 1.165) is 38.7 Å². The first-order valence-electron chi connectivity index (χ1n) is 5.29. The third kappa shape index (κ3) is 8.44. The monoisotopic (exact) mass is 206 g/mol. The van der Waals surface area contributed by atoms with E-state index in [-0.39, 0.29) is 25.9 Å². The van der Waals surface area contributed by atoms with Crippen molar-refractivity contribution in [3.8, 4) is 0 Å². The first-order valence-corrected chi connectivity index (χ1v) is 5.29. The van der Waals surface area contributed by atoms with Crippen LogP contribution in [0, 0.1) is 0 Å². The second-order valence-electron chi connectivity index (χ2n) is 3.33. The molecule has 1 fully saturated rings. The summed E-state index contributed by atoms with van der Waals surface area (Å²) in [6.07, 6.45) is 4.88. The molecule has 0 aliphatic carbocycles. The molecule has 1 atom stereocenters. The number of unbranched alkanes of at least 4 members (excludes halogenated alkanes) is 2. The van der Waals surface area contributed by atoms with Crippen LogP contribution >= 0.6 is 0 Å². The molecular weight excluding hydrogens is 184 g/mol. The van der Waals surface area contributed by atoms with Crippen molar-refractivity contribution in [1.29, 1.82) is 0 Å². The molecule has 0 radical (unpaired) electrons. The first kappa shape index (κ1) is 13.8. The zero-order chi connectivity index (χ0) is 10.6. The Bertz CT molecular complexity index is 98.3. The minimum Gasteiger partial charge on any atom is -0.396 e. The molecular formula is C10H22O4. The van der Waals surface area contributed by atoms with Gasteiger partial charge in [-0.05, 0) is 32.1 Å². The van der Waals surface area contributed by atoms with Gasteiger partial charge in [0.15, 0.2) is 0 Å². The minimum absolute atomic E-state index is 0.153. The van der Waals surface area contributed by atoms with Gasteiger partial charge in [0.05, 0.1) is 12.7 Å². The average molecular weight is 206 g/mol. The molecule has 0 saturated carbocycles. The Balaban J connectivity index is 0.000000241. The van der Waals surface area contributed by atoms with Gasteiger partial charge in [0.25, 0.3) is 0 Å². The third-order valence-electron chi connectivity index (χ3n) is 2.04. The molecule has 1 aliphatic heterocycles. The van der Waals surface area contributed by atoms with Crippen LogP contribution in [-0.4, -0.2) is 47.9 Å². The summed E-state index contributed by atoms with van der Waals surface area (Å²) in [5.74, 6) is 0. The molecule has 0 bridgehead atoms. The Hall–Kier alpha value is -0.160. The lowest BCUT2D eigenvalue weighted by Crippen LogP contribution is -2.09. The lowest BCUT2D eigenvalue weighted by molar-refractivity contribution is 0.0591. The first-order chi connectivity index (χ1) is 6.85. The molecule has 3 N–H and O–H groups in total. The van der Waals surface area contributed by atoms with Crippen molar-refractivity contribution in [1.82, 2.24) is 0 Å². The second-order valence-corrected chi connectivity index (χ2v) is 3.33. The summed E-state index contributed by atoms with van der Waals surface area (Å²) >= 11 is 0. The maximum atomic E-state index is 8.44. The maximum Gasteiger partial charge on any atom is 0.0806 e. The Morgan fingerprint density at radius 3 is 1.93 bits per heavy atom. The van der Waals surface area contributed by atoms with Gasteiger partial charge in [-0.25, -0.2) is 0 Å². The number of ether oxygens (including phenoxy) is 1. The molecule has 0 aromatic heterocycles. The number of aliphatic hydroxyl groups excluding tert-OH is 3. The average Bonchev–Trinajstić information content (AvgIpc) is 2.72. The van der Waals surface area contributed by atoms with Gasteiger partial charge < -0.3 is 20.1 Å². The summed E-state index contributed by atoms with van der Waals surface area (Å²) in [4.78, 5) is 0. The maximum absolute atomic E-state index is 8.44. The molecule has 1 saturated heterocycles. The summed E-state index contributed by atoms with van der Waals surface area (Å²) in [6.45, 7) is 1.53. The van der Waals surface area contributed by atoms with Crippen LogP contribution in [-0.2, 0) is 4.74 Å². The van der Waals surface area contributed by atoms with Gasteiger partial charge >= 0.3 is 0 Å². The van der Waals surface area contributed by atoms with Gasteiger partial charge in [0.1, 0.15) is 0 Å². The summed E-state index contributed by atoms with van der Waals surface area (Å²) in [5.41, 5.74) is 0. The molecule has 0 aromatic carbocycles. The molecule has 86 valence electrons. The van der Waals surface area contributed by atoms with E-state index in [1.54, 1.807) is 0 Å². The van der Waals surface area contributed by atoms with Crippen LogP contribution in [0.4, 0.5) is 0 Å². The smallest absolute Gasteiger partial charge is 0.0806 e. The van der Waals surface area contributed by atoms with Crippen molar-refractivity contribution in [2.45, 2.75) is 38.2 Å². The fraction of sp³-hybridized carbons (Fsp3) is 1.00. The summed E-state index contributed by atoms with van der Waals surface area (Å²) in [5, 5.41) is 24.9. The van der Waals surface area contributed by atoms with E-state index in [1.165, 1.54) is 0 Å². The predicted molar refractivity (Wildman–Crippen MR) is 54.1 cm³/mol. The highest BCUT2D eigenvalue weighted by atomic mass is 16.5. The fourth-order valence-electron chi connectivity index (χ4n) is 1.19. The zero-order valence-corrected chi connectivity index (χ0v) is 8.69. The van der Waals surface area contributed by atoms with E-state index >= 15 is 0 Å². The molecule has 4 heteroatoms. The molecule has 0 amide bonds. The Morgan fingerprint density at radius 1 is 1.00 bits per heavy atom. The lowest BCUT2D eigenvalue weighted by atomic mass is 10.2. The quantitative estimate of drug-likeness (QED) is 0.566. The molecule has 0 spiro atoms. The van der Waals surface area contributed by atoms with Gasteiger partial charge in [0.2, 0.25) is 0 Å². The van der Waals surface area contributed by atoms with Crippen molar-refractivity contribution in [2.24, 2.45) is 0 Å². The lowest BCUT2D eigenvalue weighted by Gasteiger charge is -2.00. The van der Waals surface area contributed by atoms with Crippen LogP contribution in [0.5, 0.6) is 0 Å². The molecule has 1 unspecified atom stereocenters. The SMILES string of the molecule is OCC1CCCO1.OCCCCCO. The standard InChI is InChI=1S/C5H10O2.C5H12O2/c6-4-5-2-1-3-7-5;6-4-2-1-3-5-7/h5-6H,1-4H2;6-7H,1-5H2. The largest absolute Gasteiger partial charge is 0.396 e. The number of hydrogen-bond donors (Lipinski definition) is 3. The van der Waals surface area contributed by atoms with Crippen LogP contribution in [0.3, 0.4) is 0 Å². The van der Waals surface area contributed by atoms with Gasteiger partial charge in [-0.3, -0.25) is 0 Å².